The third-order valence-electron chi connectivity index (χ3n) is 4.83. The van der Waals surface area contributed by atoms with Crippen LogP contribution in [0.25, 0.3) is 11.0 Å². The van der Waals surface area contributed by atoms with E-state index in [2.05, 4.69) is 5.32 Å². The summed E-state index contributed by atoms with van der Waals surface area (Å²) >= 11 is 1.38. The molecule has 0 unspecified atom stereocenters. The molecule has 0 radical (unpaired) electrons. The van der Waals surface area contributed by atoms with Crippen molar-refractivity contribution in [1.82, 2.24) is 9.97 Å². The fourth-order valence-electron chi connectivity index (χ4n) is 3.23. The van der Waals surface area contributed by atoms with Gasteiger partial charge in [-0.2, -0.15) is 0 Å². The van der Waals surface area contributed by atoms with Gasteiger partial charge in [0.2, 0.25) is 5.91 Å². The summed E-state index contributed by atoms with van der Waals surface area (Å²) in [5, 5.41) is 3.65. The largest absolute Gasteiger partial charge is 0.497 e. The molecular weight excluding hydrogens is 422 g/mol. The number of benzene rings is 3. The van der Waals surface area contributed by atoms with E-state index in [9.17, 15) is 4.79 Å². The van der Waals surface area contributed by atoms with Gasteiger partial charge in [0.05, 0.1) is 36.7 Å². The number of nitrogens with one attached hydrogen (secondary N) is 1. The SMILES string of the molecule is COc1ccc(NC(=O)CSc2nc3ccccc3nc2Cc2cccc(OC)c2)cc1. The molecule has 32 heavy (non-hydrogen) atoms. The van der Waals surface area contributed by atoms with Crippen molar-refractivity contribution in [3.05, 3.63) is 84.1 Å². The summed E-state index contributed by atoms with van der Waals surface area (Å²) in [4.78, 5) is 22.2. The van der Waals surface area contributed by atoms with Gasteiger partial charge < -0.3 is 14.8 Å². The van der Waals surface area contributed by atoms with Gasteiger partial charge in [-0.25, -0.2) is 9.97 Å². The summed E-state index contributed by atoms with van der Waals surface area (Å²) < 4.78 is 10.5. The molecule has 4 rings (SSSR count). The van der Waals surface area contributed by atoms with Gasteiger partial charge >= 0.3 is 0 Å². The normalized spacial score (nSPS) is 10.7. The number of hydrogen-bond donors (Lipinski definition) is 1. The molecule has 0 aliphatic carbocycles. The number of nitrogens with zero attached hydrogens (tertiary/aromatic N) is 2. The lowest BCUT2D eigenvalue weighted by atomic mass is 10.1. The Bertz CT molecular complexity index is 1230. The highest BCUT2D eigenvalue weighted by atomic mass is 32.2. The van der Waals surface area contributed by atoms with Crippen LogP contribution in [0.4, 0.5) is 5.69 Å². The molecule has 0 saturated heterocycles. The first-order chi connectivity index (χ1) is 15.6. The number of thioether (sulfide) groups is 1. The third-order valence-corrected chi connectivity index (χ3v) is 5.83. The molecule has 0 atom stereocenters. The molecule has 1 amide bonds. The Morgan fingerprint density at radius 2 is 1.59 bits per heavy atom. The lowest BCUT2D eigenvalue weighted by Crippen LogP contribution is -2.14. The lowest BCUT2D eigenvalue weighted by molar-refractivity contribution is -0.113. The Morgan fingerprint density at radius 3 is 2.31 bits per heavy atom. The van der Waals surface area contributed by atoms with Gasteiger partial charge in [0.1, 0.15) is 16.5 Å². The summed E-state index contributed by atoms with van der Waals surface area (Å²) in [6, 6.07) is 22.9. The molecule has 0 fully saturated rings. The van der Waals surface area contributed by atoms with Crippen molar-refractivity contribution in [2.75, 3.05) is 25.3 Å². The number of carbonyl (C=O) groups is 1. The molecule has 0 bridgehead atoms. The van der Waals surface area contributed by atoms with Crippen molar-refractivity contribution in [2.45, 2.75) is 11.4 Å². The second-order valence-electron chi connectivity index (χ2n) is 7.06. The van der Waals surface area contributed by atoms with Crippen molar-refractivity contribution in [3.63, 3.8) is 0 Å². The summed E-state index contributed by atoms with van der Waals surface area (Å²) in [6.45, 7) is 0. The second-order valence-corrected chi connectivity index (χ2v) is 8.02. The zero-order chi connectivity index (χ0) is 22.3. The van der Waals surface area contributed by atoms with E-state index in [0.717, 1.165) is 44.5 Å². The molecule has 7 heteroatoms. The molecule has 4 aromatic rings. The molecule has 1 aromatic heterocycles. The number of rotatable bonds is 8. The zero-order valence-corrected chi connectivity index (χ0v) is 18.7. The Morgan fingerprint density at radius 1 is 0.875 bits per heavy atom. The second kappa shape index (κ2) is 10.2. The van der Waals surface area contributed by atoms with Gasteiger partial charge in [0, 0.05) is 12.1 Å². The van der Waals surface area contributed by atoms with Crippen LogP contribution in [0.1, 0.15) is 11.3 Å². The standard InChI is InChI=1S/C25H23N3O3S/c1-30-19-12-10-18(11-13-19)26-24(29)16-32-25-23(15-17-6-5-7-20(14-17)31-2)27-21-8-3-4-9-22(21)28-25/h3-14H,15-16H2,1-2H3,(H,26,29). The highest BCUT2D eigenvalue weighted by Gasteiger charge is 2.13. The number of carbonyl (C=O) groups excluding carboxylic acids is 1. The van der Waals surface area contributed by atoms with Crippen molar-refractivity contribution in [3.8, 4) is 11.5 Å². The van der Waals surface area contributed by atoms with Gasteiger partial charge in [-0.05, 0) is 54.1 Å². The van der Waals surface area contributed by atoms with Crippen molar-refractivity contribution < 1.29 is 14.3 Å². The quantitative estimate of drug-likeness (QED) is 0.386. The minimum Gasteiger partial charge on any atom is -0.497 e. The Labute approximate surface area is 191 Å². The monoisotopic (exact) mass is 445 g/mol. The van der Waals surface area contributed by atoms with E-state index in [1.165, 1.54) is 11.8 Å². The number of ether oxygens (including phenoxy) is 2. The van der Waals surface area contributed by atoms with Gasteiger partial charge in [-0.15, -0.1) is 0 Å². The number of fused-ring (bicyclic) bond motifs is 1. The van der Waals surface area contributed by atoms with E-state index >= 15 is 0 Å². The van der Waals surface area contributed by atoms with Gasteiger partial charge in [-0.3, -0.25) is 4.79 Å². The fourth-order valence-corrected chi connectivity index (χ4v) is 4.02. The molecule has 0 saturated carbocycles. The van der Waals surface area contributed by atoms with Crippen molar-refractivity contribution in [2.24, 2.45) is 0 Å². The fraction of sp³-hybridized carbons (Fsp3) is 0.160. The summed E-state index contributed by atoms with van der Waals surface area (Å²) in [5.41, 5.74) is 4.26. The molecule has 0 aliphatic heterocycles. The van der Waals surface area contributed by atoms with E-state index in [-0.39, 0.29) is 11.7 Å². The average molecular weight is 446 g/mol. The molecule has 0 spiro atoms. The number of para-hydroxylation sites is 2. The molecule has 162 valence electrons. The third kappa shape index (κ3) is 5.36. The van der Waals surface area contributed by atoms with Crippen LogP contribution in [0.3, 0.4) is 0 Å². The smallest absolute Gasteiger partial charge is 0.234 e. The molecule has 1 heterocycles. The van der Waals surface area contributed by atoms with Crippen LogP contribution >= 0.6 is 11.8 Å². The molecule has 1 N–H and O–H groups in total. The van der Waals surface area contributed by atoms with Crippen LogP contribution in [0, 0.1) is 0 Å². The van der Waals surface area contributed by atoms with Crippen molar-refractivity contribution in [1.29, 1.82) is 0 Å². The summed E-state index contributed by atoms with van der Waals surface area (Å²) in [5.74, 6) is 1.65. The maximum atomic E-state index is 12.5. The lowest BCUT2D eigenvalue weighted by Gasteiger charge is -2.11. The minimum absolute atomic E-state index is 0.109. The highest BCUT2D eigenvalue weighted by molar-refractivity contribution is 8.00. The van der Waals surface area contributed by atoms with E-state index in [4.69, 9.17) is 19.4 Å². The zero-order valence-electron chi connectivity index (χ0n) is 17.9. The topological polar surface area (TPSA) is 73.3 Å². The van der Waals surface area contributed by atoms with Crippen LogP contribution in [-0.4, -0.2) is 35.8 Å². The Hall–Kier alpha value is -3.58. The Balaban J connectivity index is 1.53. The van der Waals surface area contributed by atoms with Crippen molar-refractivity contribution >= 4 is 34.4 Å². The van der Waals surface area contributed by atoms with Crippen LogP contribution in [0.15, 0.2) is 77.8 Å². The maximum Gasteiger partial charge on any atom is 0.234 e. The average Bonchev–Trinajstić information content (AvgIpc) is 2.83. The molecule has 0 aliphatic rings. The van der Waals surface area contributed by atoms with Gasteiger partial charge in [-0.1, -0.05) is 36.0 Å². The van der Waals surface area contributed by atoms with E-state index in [1.807, 2.05) is 72.8 Å². The summed E-state index contributed by atoms with van der Waals surface area (Å²) in [6.07, 6.45) is 0.595. The van der Waals surface area contributed by atoms with Crippen LogP contribution in [0.2, 0.25) is 0 Å². The summed E-state index contributed by atoms with van der Waals surface area (Å²) in [7, 11) is 3.26. The van der Waals surface area contributed by atoms with E-state index in [1.54, 1.807) is 14.2 Å². The predicted molar refractivity (Wildman–Crippen MR) is 128 cm³/mol. The first kappa shape index (κ1) is 21.6. The first-order valence-electron chi connectivity index (χ1n) is 10.1. The molecule has 6 nitrogen and oxygen atoms in total. The minimum atomic E-state index is -0.109. The first-order valence-corrected chi connectivity index (χ1v) is 11.1. The van der Waals surface area contributed by atoms with Gasteiger partial charge in [0.25, 0.3) is 0 Å². The van der Waals surface area contributed by atoms with E-state index in [0.29, 0.717) is 6.42 Å². The maximum absolute atomic E-state index is 12.5. The number of methoxy groups -OCH3 is 2. The number of anilines is 1. The van der Waals surface area contributed by atoms with Crippen LogP contribution < -0.4 is 14.8 Å². The number of aromatic nitrogens is 2. The Kier molecular flexibility index (Phi) is 6.87. The number of hydrogen-bond acceptors (Lipinski definition) is 6. The molecule has 3 aromatic carbocycles. The number of amides is 1. The van der Waals surface area contributed by atoms with E-state index < -0.39 is 0 Å². The highest BCUT2D eigenvalue weighted by Crippen LogP contribution is 2.26. The van der Waals surface area contributed by atoms with Crippen LogP contribution in [0.5, 0.6) is 11.5 Å². The molecular formula is C25H23N3O3S. The van der Waals surface area contributed by atoms with Crippen LogP contribution in [-0.2, 0) is 11.2 Å². The van der Waals surface area contributed by atoms with Gasteiger partial charge in [0.15, 0.2) is 0 Å². The predicted octanol–water partition coefficient (Wildman–Crippen LogP) is 4.97.